The summed E-state index contributed by atoms with van der Waals surface area (Å²) < 4.78 is 44.9. The molecule has 3 rings (SSSR count). The zero-order valence-electron chi connectivity index (χ0n) is 12.8. The fourth-order valence-electron chi connectivity index (χ4n) is 2.56. The number of rotatable bonds is 4. The molecule has 6 nitrogen and oxygen atoms in total. The van der Waals surface area contributed by atoms with Gasteiger partial charge in [-0.3, -0.25) is 0 Å². The molecule has 0 bridgehead atoms. The van der Waals surface area contributed by atoms with Crippen molar-refractivity contribution in [3.8, 4) is 0 Å². The van der Waals surface area contributed by atoms with Crippen molar-refractivity contribution >= 4 is 16.3 Å². The summed E-state index contributed by atoms with van der Waals surface area (Å²) in [5, 5.41) is 11.2. The normalized spacial score (nSPS) is 22.8. The SMILES string of the molecule is Cc1nn2c(CNCC3CNCC(C(F)(F)F)O3)c(C)nc2s1. The lowest BCUT2D eigenvalue weighted by Gasteiger charge is -2.32. The minimum absolute atomic E-state index is 0.194. The number of halogens is 3. The lowest BCUT2D eigenvalue weighted by molar-refractivity contribution is -0.238. The lowest BCUT2D eigenvalue weighted by atomic mass is 10.2. The molecule has 1 saturated heterocycles. The number of hydrogen-bond donors (Lipinski definition) is 2. The largest absolute Gasteiger partial charge is 0.415 e. The van der Waals surface area contributed by atoms with Gasteiger partial charge in [0.1, 0.15) is 5.01 Å². The Morgan fingerprint density at radius 3 is 2.91 bits per heavy atom. The van der Waals surface area contributed by atoms with Crippen LogP contribution >= 0.6 is 11.3 Å². The number of imidazole rings is 1. The number of nitrogens with zero attached hydrogens (tertiary/aromatic N) is 3. The van der Waals surface area contributed by atoms with Gasteiger partial charge in [0, 0.05) is 26.2 Å². The Morgan fingerprint density at radius 1 is 1.39 bits per heavy atom. The second-order valence-electron chi connectivity index (χ2n) is 5.54. The minimum Gasteiger partial charge on any atom is -0.362 e. The third-order valence-corrected chi connectivity index (χ3v) is 4.51. The fraction of sp³-hybridized carbons (Fsp3) is 0.692. The average Bonchev–Trinajstić information content (AvgIpc) is 2.95. The summed E-state index contributed by atoms with van der Waals surface area (Å²) in [5.41, 5.74) is 1.78. The molecule has 0 amide bonds. The molecule has 128 valence electrons. The van der Waals surface area contributed by atoms with Gasteiger partial charge in [0.05, 0.1) is 17.5 Å². The first kappa shape index (κ1) is 16.6. The smallest absolute Gasteiger partial charge is 0.362 e. The van der Waals surface area contributed by atoms with E-state index in [-0.39, 0.29) is 6.54 Å². The maximum Gasteiger partial charge on any atom is 0.415 e. The fourth-order valence-corrected chi connectivity index (χ4v) is 3.36. The van der Waals surface area contributed by atoms with Crippen molar-refractivity contribution < 1.29 is 17.9 Å². The van der Waals surface area contributed by atoms with Gasteiger partial charge in [-0.05, 0) is 13.8 Å². The first-order chi connectivity index (χ1) is 10.8. The molecule has 0 aromatic carbocycles. The van der Waals surface area contributed by atoms with Crippen LogP contribution in [0.15, 0.2) is 0 Å². The molecule has 10 heteroatoms. The van der Waals surface area contributed by atoms with Gasteiger partial charge in [-0.25, -0.2) is 9.50 Å². The van der Waals surface area contributed by atoms with Crippen molar-refractivity contribution in [1.82, 2.24) is 25.2 Å². The number of aryl methyl sites for hydroxylation is 2. The number of alkyl halides is 3. The van der Waals surface area contributed by atoms with Crippen molar-refractivity contribution in [2.24, 2.45) is 0 Å². The van der Waals surface area contributed by atoms with Gasteiger partial charge in [0.25, 0.3) is 0 Å². The second kappa shape index (κ2) is 6.34. The zero-order valence-corrected chi connectivity index (χ0v) is 13.6. The van der Waals surface area contributed by atoms with E-state index in [0.29, 0.717) is 19.6 Å². The lowest BCUT2D eigenvalue weighted by Crippen LogP contribution is -2.53. The summed E-state index contributed by atoms with van der Waals surface area (Å²) in [7, 11) is 0. The van der Waals surface area contributed by atoms with Crippen molar-refractivity contribution in [3.05, 3.63) is 16.4 Å². The zero-order chi connectivity index (χ0) is 16.6. The van der Waals surface area contributed by atoms with Crippen LogP contribution in [0, 0.1) is 13.8 Å². The molecule has 2 aromatic rings. The van der Waals surface area contributed by atoms with E-state index in [1.807, 2.05) is 13.8 Å². The Kier molecular flexibility index (Phi) is 4.59. The Bertz CT molecular complexity index is 683. The third-order valence-electron chi connectivity index (χ3n) is 3.69. The standard InChI is InChI=1S/C13H18F3N5OS/c1-7-10(21-12(19-7)23-8(2)20-21)5-17-3-9-4-18-6-11(22-9)13(14,15)16/h9,11,17-18H,3-6H2,1-2H3. The summed E-state index contributed by atoms with van der Waals surface area (Å²) in [6.07, 6.45) is -6.60. The molecular formula is C13H18F3N5OS. The summed E-state index contributed by atoms with van der Waals surface area (Å²) in [4.78, 5) is 5.25. The van der Waals surface area contributed by atoms with E-state index in [4.69, 9.17) is 4.74 Å². The first-order valence-corrected chi connectivity index (χ1v) is 8.11. The topological polar surface area (TPSA) is 63.5 Å². The highest BCUT2D eigenvalue weighted by atomic mass is 32.1. The molecule has 1 aliphatic heterocycles. The monoisotopic (exact) mass is 349 g/mol. The van der Waals surface area contributed by atoms with E-state index in [9.17, 15) is 13.2 Å². The van der Waals surface area contributed by atoms with Crippen molar-refractivity contribution in [3.63, 3.8) is 0 Å². The van der Waals surface area contributed by atoms with Crippen LogP contribution in [0.4, 0.5) is 13.2 Å². The van der Waals surface area contributed by atoms with Crippen LogP contribution in [0.5, 0.6) is 0 Å². The molecule has 0 spiro atoms. The van der Waals surface area contributed by atoms with Gasteiger partial charge >= 0.3 is 6.18 Å². The maximum absolute atomic E-state index is 12.7. The number of nitrogens with one attached hydrogen (secondary N) is 2. The minimum atomic E-state index is -4.34. The summed E-state index contributed by atoms with van der Waals surface area (Å²) in [6, 6.07) is 0. The Hall–Kier alpha value is -1.23. The third kappa shape index (κ3) is 3.65. The molecule has 0 radical (unpaired) electrons. The van der Waals surface area contributed by atoms with Gasteiger partial charge in [0.15, 0.2) is 6.10 Å². The van der Waals surface area contributed by atoms with Gasteiger partial charge in [-0.1, -0.05) is 11.3 Å². The number of morpholine rings is 1. The molecule has 0 saturated carbocycles. The van der Waals surface area contributed by atoms with Crippen LogP contribution in [0.1, 0.15) is 16.4 Å². The number of fused-ring (bicyclic) bond motifs is 1. The van der Waals surface area contributed by atoms with E-state index >= 15 is 0 Å². The van der Waals surface area contributed by atoms with E-state index in [0.717, 1.165) is 21.4 Å². The average molecular weight is 349 g/mol. The first-order valence-electron chi connectivity index (χ1n) is 7.30. The predicted molar refractivity (Wildman–Crippen MR) is 79.6 cm³/mol. The molecule has 23 heavy (non-hydrogen) atoms. The molecule has 3 heterocycles. The quantitative estimate of drug-likeness (QED) is 0.874. The Balaban J connectivity index is 1.57. The van der Waals surface area contributed by atoms with Crippen LogP contribution in [0.2, 0.25) is 0 Å². The predicted octanol–water partition coefficient (Wildman–Crippen LogP) is 1.42. The van der Waals surface area contributed by atoms with Crippen LogP contribution in [0.25, 0.3) is 4.96 Å². The van der Waals surface area contributed by atoms with E-state index < -0.39 is 18.4 Å². The number of hydrogen-bond acceptors (Lipinski definition) is 6. The Morgan fingerprint density at radius 2 is 2.17 bits per heavy atom. The molecule has 2 aromatic heterocycles. The maximum atomic E-state index is 12.7. The van der Waals surface area contributed by atoms with Gasteiger partial charge in [-0.15, -0.1) is 0 Å². The van der Waals surface area contributed by atoms with E-state index in [1.54, 1.807) is 4.52 Å². The summed E-state index contributed by atoms with van der Waals surface area (Å²) >= 11 is 1.50. The van der Waals surface area contributed by atoms with Gasteiger partial charge < -0.3 is 15.4 Å². The molecule has 2 unspecified atom stereocenters. The molecule has 1 aliphatic rings. The summed E-state index contributed by atoms with van der Waals surface area (Å²) in [6.45, 7) is 4.82. The molecule has 1 fully saturated rings. The molecular weight excluding hydrogens is 331 g/mol. The van der Waals surface area contributed by atoms with Crippen molar-refractivity contribution in [2.45, 2.75) is 38.8 Å². The van der Waals surface area contributed by atoms with Crippen LogP contribution in [-0.4, -0.2) is 52.6 Å². The van der Waals surface area contributed by atoms with E-state index in [2.05, 4.69) is 20.7 Å². The highest BCUT2D eigenvalue weighted by Gasteiger charge is 2.43. The van der Waals surface area contributed by atoms with Gasteiger partial charge in [-0.2, -0.15) is 18.3 Å². The highest BCUT2D eigenvalue weighted by Crippen LogP contribution is 2.25. The van der Waals surface area contributed by atoms with Crippen molar-refractivity contribution in [2.75, 3.05) is 19.6 Å². The van der Waals surface area contributed by atoms with Crippen molar-refractivity contribution in [1.29, 1.82) is 0 Å². The molecule has 2 atom stereocenters. The molecule has 2 N–H and O–H groups in total. The second-order valence-corrected chi connectivity index (χ2v) is 6.70. The molecule has 0 aliphatic carbocycles. The number of aromatic nitrogens is 3. The van der Waals surface area contributed by atoms with Crippen LogP contribution in [0.3, 0.4) is 0 Å². The van der Waals surface area contributed by atoms with Crippen LogP contribution < -0.4 is 10.6 Å². The Labute approximate surface area is 135 Å². The number of ether oxygens (including phenoxy) is 1. The van der Waals surface area contributed by atoms with Gasteiger partial charge in [0.2, 0.25) is 4.96 Å². The summed E-state index contributed by atoms with van der Waals surface area (Å²) in [5.74, 6) is 0. The highest BCUT2D eigenvalue weighted by molar-refractivity contribution is 7.16. The van der Waals surface area contributed by atoms with E-state index in [1.165, 1.54) is 11.3 Å². The van der Waals surface area contributed by atoms with Crippen LogP contribution in [-0.2, 0) is 11.3 Å².